The molecule has 0 spiro atoms. The van der Waals surface area contributed by atoms with Crippen LogP contribution in [0.1, 0.15) is 47.0 Å². The molecule has 0 saturated carbocycles. The predicted octanol–water partition coefficient (Wildman–Crippen LogP) is 1.84. The van der Waals surface area contributed by atoms with Crippen molar-refractivity contribution in [2.75, 3.05) is 19.8 Å². The molecule has 9 heteroatoms. The molecule has 0 aliphatic rings. The van der Waals surface area contributed by atoms with E-state index in [0.29, 0.717) is 12.8 Å². The molecule has 0 aliphatic carbocycles. The summed E-state index contributed by atoms with van der Waals surface area (Å²) in [5.74, 6) is -3.34. The third kappa shape index (κ3) is 17.1. The normalized spacial score (nSPS) is 10.5. The van der Waals surface area contributed by atoms with Crippen LogP contribution in [-0.4, -0.2) is 67.5 Å². The number of hydrogen-bond acceptors (Lipinski definition) is 7. The first-order valence-corrected chi connectivity index (χ1v) is 8.28. The smallest absolute Gasteiger partial charge is 0.338 e. The molecule has 0 amide bonds. The van der Waals surface area contributed by atoms with Gasteiger partial charge in [-0.15, -0.1) is 0 Å². The van der Waals surface area contributed by atoms with Crippen molar-refractivity contribution < 1.29 is 45.3 Å². The molecule has 0 saturated heterocycles. The zero-order chi connectivity index (χ0) is 22.3. The van der Waals surface area contributed by atoms with Crippen molar-refractivity contribution in [2.24, 2.45) is 10.8 Å². The van der Waals surface area contributed by atoms with E-state index in [4.69, 9.17) is 35.7 Å². The minimum Gasteiger partial charge on any atom is -0.481 e. The van der Waals surface area contributed by atoms with Crippen molar-refractivity contribution in [1.82, 2.24) is 0 Å². The zero-order valence-corrected chi connectivity index (χ0v) is 16.5. The fourth-order valence-corrected chi connectivity index (χ4v) is 1.30. The first kappa shape index (κ1) is 29.7. The van der Waals surface area contributed by atoms with Crippen LogP contribution in [0.15, 0.2) is 24.2 Å². The van der Waals surface area contributed by atoms with Crippen molar-refractivity contribution in [3.8, 4) is 0 Å². The maximum atomic E-state index is 10.5. The molecule has 0 bridgehead atoms. The van der Waals surface area contributed by atoms with E-state index >= 15 is 0 Å². The summed E-state index contributed by atoms with van der Waals surface area (Å²) in [5, 5.41) is 59.4. The average molecular weight is 394 g/mol. The molecule has 160 valence electrons. The fourth-order valence-electron chi connectivity index (χ4n) is 1.30. The maximum absolute atomic E-state index is 10.5. The highest BCUT2D eigenvalue weighted by atomic mass is 16.5. The minimum absolute atomic E-state index is 0.0177. The van der Waals surface area contributed by atoms with Crippen LogP contribution in [-0.2, 0) is 9.59 Å². The standard InChI is InChI=1S/C9H16O4.C6H14O3.C3H4O2/c1-9(2,3)5-4-6(7(10)11)8(12)13;1-2-6(3-7,4-8)5-9;1-2-3(4)5/h10-11H,4-5H2,1-3H3,(H,12,13);7-9H,2-5H2,1H3;2H,1H2,(H,4,5). The van der Waals surface area contributed by atoms with Crippen LogP contribution in [0, 0.1) is 10.8 Å². The Morgan fingerprint density at radius 1 is 0.926 bits per heavy atom. The van der Waals surface area contributed by atoms with Gasteiger partial charge in [0.1, 0.15) is 5.57 Å². The van der Waals surface area contributed by atoms with E-state index in [2.05, 4.69) is 6.58 Å². The van der Waals surface area contributed by atoms with Gasteiger partial charge in [0.05, 0.1) is 19.8 Å². The molecular formula is C18H34O9. The summed E-state index contributed by atoms with van der Waals surface area (Å²) in [6.45, 7) is 10.2. The van der Waals surface area contributed by atoms with Crippen LogP contribution in [0.4, 0.5) is 0 Å². The fraction of sp³-hybridized carbons (Fsp3) is 0.667. The van der Waals surface area contributed by atoms with E-state index < -0.39 is 23.3 Å². The number of aliphatic hydroxyl groups excluding tert-OH is 4. The van der Waals surface area contributed by atoms with Crippen LogP contribution in [0.3, 0.4) is 0 Å². The molecule has 0 aromatic rings. The van der Waals surface area contributed by atoms with Gasteiger partial charge in [0.15, 0.2) is 0 Å². The van der Waals surface area contributed by atoms with Gasteiger partial charge < -0.3 is 35.7 Å². The molecule has 0 aromatic carbocycles. The summed E-state index contributed by atoms with van der Waals surface area (Å²) in [6.07, 6.45) is 2.19. The zero-order valence-electron chi connectivity index (χ0n) is 16.5. The Hall–Kier alpha value is -2.10. The van der Waals surface area contributed by atoms with Crippen LogP contribution in [0.5, 0.6) is 0 Å². The van der Waals surface area contributed by atoms with Gasteiger partial charge in [0, 0.05) is 11.5 Å². The van der Waals surface area contributed by atoms with Gasteiger partial charge in [-0.05, 0) is 24.7 Å². The Morgan fingerprint density at radius 3 is 1.41 bits per heavy atom. The van der Waals surface area contributed by atoms with Crippen molar-refractivity contribution in [1.29, 1.82) is 0 Å². The second-order valence-electron chi connectivity index (χ2n) is 7.04. The van der Waals surface area contributed by atoms with Gasteiger partial charge in [0.25, 0.3) is 5.95 Å². The summed E-state index contributed by atoms with van der Waals surface area (Å²) >= 11 is 0. The number of carboxylic acids is 2. The van der Waals surface area contributed by atoms with Crippen LogP contribution in [0.25, 0.3) is 0 Å². The highest BCUT2D eigenvalue weighted by Gasteiger charge is 2.24. The van der Waals surface area contributed by atoms with E-state index in [-0.39, 0.29) is 37.2 Å². The third-order valence-electron chi connectivity index (χ3n) is 3.58. The summed E-state index contributed by atoms with van der Waals surface area (Å²) in [7, 11) is 0. The Kier molecular flexibility index (Phi) is 16.5. The summed E-state index contributed by atoms with van der Waals surface area (Å²) in [4.78, 5) is 19.7. The number of rotatable bonds is 8. The lowest BCUT2D eigenvalue weighted by atomic mass is 9.88. The minimum atomic E-state index is -1.27. The van der Waals surface area contributed by atoms with Crippen LogP contribution >= 0.6 is 0 Å². The highest BCUT2D eigenvalue weighted by molar-refractivity contribution is 5.86. The highest BCUT2D eigenvalue weighted by Crippen LogP contribution is 2.24. The summed E-state index contributed by atoms with van der Waals surface area (Å²) < 4.78 is 0. The molecule has 0 fully saturated rings. The predicted molar refractivity (Wildman–Crippen MR) is 100 cm³/mol. The molecule has 7 N–H and O–H groups in total. The van der Waals surface area contributed by atoms with Gasteiger partial charge in [-0.3, -0.25) is 0 Å². The monoisotopic (exact) mass is 394 g/mol. The second kappa shape index (κ2) is 15.0. The number of carboxylic acid groups (broad SMARTS) is 2. The summed E-state index contributed by atoms with van der Waals surface area (Å²) in [5.41, 5.74) is -1.01. The van der Waals surface area contributed by atoms with Crippen molar-refractivity contribution in [2.45, 2.75) is 47.0 Å². The quantitative estimate of drug-likeness (QED) is 0.239. The molecule has 27 heavy (non-hydrogen) atoms. The molecule has 0 atom stereocenters. The van der Waals surface area contributed by atoms with E-state index in [1.54, 1.807) is 0 Å². The number of aliphatic carboxylic acids is 2. The Balaban J connectivity index is -0.000000356. The van der Waals surface area contributed by atoms with Gasteiger partial charge in [-0.25, -0.2) is 9.59 Å². The molecule has 0 unspecified atom stereocenters. The molecule has 0 radical (unpaired) electrons. The molecule has 0 aliphatic heterocycles. The Morgan fingerprint density at radius 2 is 1.30 bits per heavy atom. The Labute approximate surface area is 159 Å². The first-order valence-electron chi connectivity index (χ1n) is 8.28. The lowest BCUT2D eigenvalue weighted by Crippen LogP contribution is -2.32. The van der Waals surface area contributed by atoms with Gasteiger partial charge in [-0.2, -0.15) is 0 Å². The SMILES string of the molecule is C=CC(=O)O.CC(C)(C)CCC(C(=O)O)=C(O)O.CCC(CO)(CO)CO. The topological polar surface area (TPSA) is 176 Å². The number of aliphatic hydroxyl groups is 5. The van der Waals surface area contributed by atoms with Crippen molar-refractivity contribution >= 4 is 11.9 Å². The molecule has 0 heterocycles. The van der Waals surface area contributed by atoms with Crippen LogP contribution in [0.2, 0.25) is 0 Å². The molecule has 9 nitrogen and oxygen atoms in total. The number of carbonyl (C=O) groups is 2. The summed E-state index contributed by atoms with van der Waals surface area (Å²) in [6, 6.07) is 0. The maximum Gasteiger partial charge on any atom is 0.338 e. The second-order valence-corrected chi connectivity index (χ2v) is 7.04. The van der Waals surface area contributed by atoms with Gasteiger partial charge >= 0.3 is 11.9 Å². The van der Waals surface area contributed by atoms with Crippen molar-refractivity contribution in [3.05, 3.63) is 24.2 Å². The lowest BCUT2D eigenvalue weighted by molar-refractivity contribution is -0.133. The largest absolute Gasteiger partial charge is 0.481 e. The van der Waals surface area contributed by atoms with E-state index in [1.807, 2.05) is 27.7 Å². The lowest BCUT2D eigenvalue weighted by Gasteiger charge is -2.24. The van der Waals surface area contributed by atoms with Crippen molar-refractivity contribution in [3.63, 3.8) is 0 Å². The van der Waals surface area contributed by atoms with E-state index in [9.17, 15) is 9.59 Å². The average Bonchev–Trinajstić information content (AvgIpc) is 2.57. The number of hydrogen-bond donors (Lipinski definition) is 7. The van der Waals surface area contributed by atoms with Crippen LogP contribution < -0.4 is 0 Å². The van der Waals surface area contributed by atoms with E-state index in [0.717, 1.165) is 6.08 Å². The van der Waals surface area contributed by atoms with E-state index in [1.165, 1.54) is 0 Å². The third-order valence-corrected chi connectivity index (χ3v) is 3.58. The van der Waals surface area contributed by atoms with Gasteiger partial charge in [0.2, 0.25) is 0 Å². The van der Waals surface area contributed by atoms with Gasteiger partial charge in [-0.1, -0.05) is 34.3 Å². The first-order chi connectivity index (χ1) is 12.3. The Bertz CT molecular complexity index is 450. The molecule has 0 rings (SSSR count). The molecular weight excluding hydrogens is 360 g/mol. The molecule has 0 aromatic heterocycles.